The van der Waals surface area contributed by atoms with Gasteiger partial charge in [0.1, 0.15) is 0 Å². The van der Waals surface area contributed by atoms with E-state index in [4.69, 9.17) is 4.18 Å². The van der Waals surface area contributed by atoms with Crippen LogP contribution in [0.4, 0.5) is 0 Å². The minimum absolute atomic E-state index is 0.0384. The standard InChI is InChI=1S/C9H18O5S/c1-7(8(10)13-5)15(11,12)14-6-9(2,3)4/h7H,6H2,1-5H3. The highest BCUT2D eigenvalue weighted by molar-refractivity contribution is 7.88. The quantitative estimate of drug-likeness (QED) is 0.538. The lowest BCUT2D eigenvalue weighted by Crippen LogP contribution is -2.32. The average molecular weight is 238 g/mol. The van der Waals surface area contributed by atoms with Gasteiger partial charge in [0.05, 0.1) is 13.7 Å². The molecule has 0 fully saturated rings. The Labute approximate surface area is 90.9 Å². The largest absolute Gasteiger partial charge is 0.468 e. The van der Waals surface area contributed by atoms with E-state index in [1.54, 1.807) is 0 Å². The van der Waals surface area contributed by atoms with Crippen LogP contribution in [0.25, 0.3) is 0 Å². The van der Waals surface area contributed by atoms with Gasteiger partial charge in [-0.2, -0.15) is 8.42 Å². The first-order chi connectivity index (χ1) is 6.60. The van der Waals surface area contributed by atoms with Gasteiger partial charge in [0.25, 0.3) is 10.1 Å². The number of hydrogen-bond acceptors (Lipinski definition) is 5. The number of esters is 1. The third kappa shape index (κ3) is 5.13. The van der Waals surface area contributed by atoms with Crippen LogP contribution in [0, 0.1) is 5.41 Å². The Morgan fingerprint density at radius 3 is 2.13 bits per heavy atom. The SMILES string of the molecule is COC(=O)C(C)S(=O)(=O)OCC(C)(C)C. The molecule has 0 aromatic heterocycles. The van der Waals surface area contributed by atoms with Crippen LogP contribution in [-0.2, 0) is 23.8 Å². The summed E-state index contributed by atoms with van der Waals surface area (Å²) in [7, 11) is -2.74. The maximum absolute atomic E-state index is 11.5. The molecule has 15 heavy (non-hydrogen) atoms. The molecule has 0 bridgehead atoms. The molecule has 0 N–H and O–H groups in total. The van der Waals surface area contributed by atoms with Gasteiger partial charge in [0.15, 0.2) is 5.25 Å². The Balaban J connectivity index is 4.51. The van der Waals surface area contributed by atoms with Crippen LogP contribution in [0.15, 0.2) is 0 Å². The van der Waals surface area contributed by atoms with Crippen molar-refractivity contribution in [1.82, 2.24) is 0 Å². The molecule has 0 aliphatic rings. The fourth-order valence-corrected chi connectivity index (χ4v) is 1.70. The first kappa shape index (κ1) is 14.4. The molecule has 5 nitrogen and oxygen atoms in total. The maximum Gasteiger partial charge on any atom is 0.326 e. The van der Waals surface area contributed by atoms with Gasteiger partial charge in [0.2, 0.25) is 0 Å². The monoisotopic (exact) mass is 238 g/mol. The van der Waals surface area contributed by atoms with Crippen LogP contribution in [0.2, 0.25) is 0 Å². The lowest BCUT2D eigenvalue weighted by atomic mass is 9.99. The summed E-state index contributed by atoms with van der Waals surface area (Å²) in [5.41, 5.74) is -0.275. The van der Waals surface area contributed by atoms with Gasteiger partial charge in [-0.15, -0.1) is 0 Å². The number of rotatable bonds is 4. The van der Waals surface area contributed by atoms with E-state index in [-0.39, 0.29) is 12.0 Å². The zero-order valence-electron chi connectivity index (χ0n) is 9.73. The van der Waals surface area contributed by atoms with Gasteiger partial charge in [-0.25, -0.2) is 0 Å². The van der Waals surface area contributed by atoms with Gasteiger partial charge in [-0.05, 0) is 12.3 Å². The molecule has 0 aromatic carbocycles. The molecular formula is C9H18O5S. The van der Waals surface area contributed by atoms with Crippen molar-refractivity contribution in [3.05, 3.63) is 0 Å². The average Bonchev–Trinajstić information content (AvgIpc) is 2.11. The van der Waals surface area contributed by atoms with Gasteiger partial charge >= 0.3 is 5.97 Å². The van der Waals surface area contributed by atoms with Crippen LogP contribution >= 0.6 is 0 Å². The molecule has 0 radical (unpaired) electrons. The molecule has 0 rings (SSSR count). The van der Waals surface area contributed by atoms with Crippen molar-refractivity contribution in [1.29, 1.82) is 0 Å². The topological polar surface area (TPSA) is 69.7 Å². The predicted molar refractivity (Wildman–Crippen MR) is 55.8 cm³/mol. The molecule has 0 saturated carbocycles. The van der Waals surface area contributed by atoms with Gasteiger partial charge in [-0.1, -0.05) is 20.8 Å². The molecule has 0 aliphatic carbocycles. The van der Waals surface area contributed by atoms with E-state index in [9.17, 15) is 13.2 Å². The fraction of sp³-hybridized carbons (Fsp3) is 0.889. The van der Waals surface area contributed by atoms with Crippen molar-refractivity contribution in [2.45, 2.75) is 32.9 Å². The molecule has 90 valence electrons. The molecule has 1 atom stereocenters. The number of ether oxygens (including phenoxy) is 1. The lowest BCUT2D eigenvalue weighted by Gasteiger charge is -2.19. The fourth-order valence-electron chi connectivity index (χ4n) is 0.645. The summed E-state index contributed by atoms with van der Waals surface area (Å²) in [4.78, 5) is 11.0. The molecule has 0 amide bonds. The van der Waals surface area contributed by atoms with E-state index >= 15 is 0 Å². The summed E-state index contributed by atoms with van der Waals surface area (Å²) in [5.74, 6) is -0.816. The first-order valence-corrected chi connectivity index (χ1v) is 6.03. The Hall–Kier alpha value is -0.620. The number of methoxy groups -OCH3 is 1. The zero-order valence-corrected chi connectivity index (χ0v) is 10.6. The molecule has 0 heterocycles. The van der Waals surface area contributed by atoms with E-state index in [1.807, 2.05) is 20.8 Å². The molecule has 1 unspecified atom stereocenters. The maximum atomic E-state index is 11.5. The highest BCUT2D eigenvalue weighted by Crippen LogP contribution is 2.16. The smallest absolute Gasteiger partial charge is 0.326 e. The number of carbonyl (C=O) groups is 1. The van der Waals surface area contributed by atoms with E-state index in [0.29, 0.717) is 0 Å². The third-order valence-electron chi connectivity index (χ3n) is 1.62. The Morgan fingerprint density at radius 2 is 1.80 bits per heavy atom. The third-order valence-corrected chi connectivity index (χ3v) is 3.13. The molecular weight excluding hydrogens is 220 g/mol. The number of hydrogen-bond donors (Lipinski definition) is 0. The van der Waals surface area contributed by atoms with Crippen molar-refractivity contribution in [3.63, 3.8) is 0 Å². The van der Waals surface area contributed by atoms with Gasteiger partial charge in [0, 0.05) is 0 Å². The summed E-state index contributed by atoms with van der Waals surface area (Å²) >= 11 is 0. The minimum atomic E-state index is -3.88. The second-order valence-electron chi connectivity index (χ2n) is 4.48. The molecule has 0 spiro atoms. The van der Waals surface area contributed by atoms with E-state index < -0.39 is 21.3 Å². The van der Waals surface area contributed by atoms with Crippen molar-refractivity contribution < 1.29 is 22.1 Å². The van der Waals surface area contributed by atoms with Crippen LogP contribution in [0.5, 0.6) is 0 Å². The highest BCUT2D eigenvalue weighted by Gasteiger charge is 2.31. The van der Waals surface area contributed by atoms with Crippen LogP contribution in [0.1, 0.15) is 27.7 Å². The first-order valence-electron chi connectivity index (χ1n) is 4.56. The number of carbonyl (C=O) groups excluding carboxylic acids is 1. The minimum Gasteiger partial charge on any atom is -0.468 e. The second kappa shape index (κ2) is 4.94. The second-order valence-corrected chi connectivity index (χ2v) is 6.41. The summed E-state index contributed by atoms with van der Waals surface area (Å²) in [5, 5.41) is -1.29. The van der Waals surface area contributed by atoms with Crippen molar-refractivity contribution in [2.75, 3.05) is 13.7 Å². The van der Waals surface area contributed by atoms with Crippen LogP contribution in [0.3, 0.4) is 0 Å². The van der Waals surface area contributed by atoms with E-state index in [1.165, 1.54) is 6.92 Å². The molecule has 0 saturated heterocycles. The van der Waals surface area contributed by atoms with Crippen molar-refractivity contribution in [3.8, 4) is 0 Å². The van der Waals surface area contributed by atoms with Gasteiger partial charge in [-0.3, -0.25) is 8.98 Å². The molecule has 0 aromatic rings. The summed E-state index contributed by atoms with van der Waals surface area (Å²) < 4.78 is 32.0. The predicted octanol–water partition coefficient (Wildman–Crippen LogP) is 0.940. The van der Waals surface area contributed by atoms with Crippen LogP contribution in [-0.4, -0.2) is 33.4 Å². The van der Waals surface area contributed by atoms with Crippen molar-refractivity contribution in [2.24, 2.45) is 5.41 Å². The van der Waals surface area contributed by atoms with Crippen molar-refractivity contribution >= 4 is 16.1 Å². The normalized spacial score (nSPS) is 14.7. The Morgan fingerprint density at radius 1 is 1.33 bits per heavy atom. The lowest BCUT2D eigenvalue weighted by molar-refractivity contribution is -0.139. The molecule has 0 aliphatic heterocycles. The summed E-state index contributed by atoms with van der Waals surface area (Å²) in [6.45, 7) is 6.79. The Bertz CT molecular complexity index is 312. The van der Waals surface area contributed by atoms with E-state index in [2.05, 4.69) is 4.74 Å². The van der Waals surface area contributed by atoms with Crippen LogP contribution < -0.4 is 0 Å². The molecule has 6 heteroatoms. The Kier molecular flexibility index (Phi) is 4.73. The zero-order chi connectivity index (χ0) is 12.3. The highest BCUT2D eigenvalue weighted by atomic mass is 32.2. The van der Waals surface area contributed by atoms with Gasteiger partial charge < -0.3 is 4.74 Å². The summed E-state index contributed by atoms with van der Waals surface area (Å²) in [6.07, 6.45) is 0. The van der Waals surface area contributed by atoms with E-state index in [0.717, 1.165) is 7.11 Å². The summed E-state index contributed by atoms with van der Waals surface area (Å²) in [6, 6.07) is 0.